The zero-order valence-electron chi connectivity index (χ0n) is 12.4. The van der Waals surface area contributed by atoms with Gasteiger partial charge in [-0.05, 0) is 44.0 Å². The van der Waals surface area contributed by atoms with Gasteiger partial charge in [-0.2, -0.15) is 0 Å². The second-order valence-electron chi connectivity index (χ2n) is 5.52. The Balaban J connectivity index is 1.80. The Kier molecular flexibility index (Phi) is 4.09. The van der Waals surface area contributed by atoms with Gasteiger partial charge in [-0.1, -0.05) is 18.2 Å². The van der Waals surface area contributed by atoms with Gasteiger partial charge in [-0.25, -0.2) is 4.39 Å². The average Bonchev–Trinajstić information content (AvgIpc) is 3.20. The van der Waals surface area contributed by atoms with Crippen molar-refractivity contribution < 1.29 is 13.6 Å². The zero-order chi connectivity index (χ0) is 15.5. The minimum Gasteiger partial charge on any atom is -0.465 e. The van der Waals surface area contributed by atoms with Crippen molar-refractivity contribution in [1.82, 2.24) is 4.90 Å². The van der Waals surface area contributed by atoms with E-state index in [1.165, 1.54) is 12.1 Å². The summed E-state index contributed by atoms with van der Waals surface area (Å²) < 4.78 is 19.2. The molecule has 1 amide bonds. The van der Waals surface area contributed by atoms with Gasteiger partial charge >= 0.3 is 0 Å². The van der Waals surface area contributed by atoms with E-state index in [1.807, 2.05) is 6.92 Å². The highest BCUT2D eigenvalue weighted by Crippen LogP contribution is 2.35. The number of benzene rings is 1. The first-order chi connectivity index (χ1) is 10.7. The maximum Gasteiger partial charge on any atom is 0.247 e. The van der Waals surface area contributed by atoms with Gasteiger partial charge in [0.2, 0.25) is 5.91 Å². The SMILES string of the molecule is CC(c1ccccc1F)N(C(=O)/C=C/c1ccco1)C1CC1. The van der Waals surface area contributed by atoms with Crippen molar-refractivity contribution in [1.29, 1.82) is 0 Å². The molecule has 0 spiro atoms. The highest BCUT2D eigenvalue weighted by Gasteiger charge is 2.36. The predicted octanol–water partition coefficient (Wildman–Crippen LogP) is 4.18. The van der Waals surface area contributed by atoms with Crippen LogP contribution in [0, 0.1) is 5.82 Å². The van der Waals surface area contributed by atoms with Crippen LogP contribution in [0.1, 0.15) is 37.1 Å². The van der Waals surface area contributed by atoms with Crippen molar-refractivity contribution in [3.63, 3.8) is 0 Å². The maximum atomic E-state index is 14.0. The first-order valence-corrected chi connectivity index (χ1v) is 7.45. The standard InChI is InChI=1S/C18H18FNO2/c1-13(16-6-2-3-7-17(16)19)20(14-8-9-14)18(21)11-10-15-5-4-12-22-15/h2-7,10-14H,8-9H2,1H3/b11-10+. The predicted molar refractivity (Wildman–Crippen MR) is 82.4 cm³/mol. The Morgan fingerprint density at radius 2 is 2.09 bits per heavy atom. The van der Waals surface area contributed by atoms with E-state index >= 15 is 0 Å². The third kappa shape index (κ3) is 3.11. The minimum absolute atomic E-state index is 0.116. The molecule has 0 bridgehead atoms. The highest BCUT2D eigenvalue weighted by molar-refractivity contribution is 5.92. The number of furan rings is 1. The van der Waals surface area contributed by atoms with Crippen molar-refractivity contribution in [2.45, 2.75) is 31.8 Å². The normalized spacial score (nSPS) is 15.9. The van der Waals surface area contributed by atoms with Gasteiger partial charge in [-0.15, -0.1) is 0 Å². The van der Waals surface area contributed by atoms with Crippen LogP contribution in [0.3, 0.4) is 0 Å². The fourth-order valence-corrected chi connectivity index (χ4v) is 2.63. The number of carbonyl (C=O) groups is 1. The van der Waals surface area contributed by atoms with Gasteiger partial charge in [0.15, 0.2) is 0 Å². The molecule has 4 heteroatoms. The lowest BCUT2D eigenvalue weighted by Crippen LogP contribution is -2.34. The van der Waals surface area contributed by atoms with Crippen LogP contribution in [-0.4, -0.2) is 16.8 Å². The molecule has 1 fully saturated rings. The van der Waals surface area contributed by atoms with Crippen LogP contribution in [0.25, 0.3) is 6.08 Å². The van der Waals surface area contributed by atoms with Crippen LogP contribution < -0.4 is 0 Å². The van der Waals surface area contributed by atoms with E-state index in [2.05, 4.69) is 0 Å². The molecule has 1 aromatic heterocycles. The van der Waals surface area contributed by atoms with E-state index in [-0.39, 0.29) is 23.8 Å². The molecule has 22 heavy (non-hydrogen) atoms. The van der Waals surface area contributed by atoms with Crippen LogP contribution >= 0.6 is 0 Å². The van der Waals surface area contributed by atoms with Gasteiger partial charge in [0.25, 0.3) is 0 Å². The summed E-state index contributed by atoms with van der Waals surface area (Å²) in [6.07, 6.45) is 6.64. The van der Waals surface area contributed by atoms with Gasteiger partial charge in [0.1, 0.15) is 11.6 Å². The lowest BCUT2D eigenvalue weighted by molar-refractivity contribution is -0.128. The first kappa shape index (κ1) is 14.6. The van der Waals surface area contributed by atoms with Gasteiger partial charge in [0.05, 0.1) is 12.3 Å². The second kappa shape index (κ2) is 6.18. The molecule has 0 radical (unpaired) electrons. The Hall–Kier alpha value is -2.36. The Bertz CT molecular complexity index is 674. The topological polar surface area (TPSA) is 33.5 Å². The fraction of sp³-hybridized carbons (Fsp3) is 0.278. The van der Waals surface area contributed by atoms with Crippen LogP contribution in [-0.2, 0) is 4.79 Å². The molecule has 1 aliphatic carbocycles. The monoisotopic (exact) mass is 299 g/mol. The van der Waals surface area contributed by atoms with Gasteiger partial charge < -0.3 is 9.32 Å². The average molecular weight is 299 g/mol. The summed E-state index contributed by atoms with van der Waals surface area (Å²) in [5.74, 6) is 0.237. The molecule has 1 heterocycles. The molecule has 1 aliphatic rings. The van der Waals surface area contributed by atoms with E-state index in [9.17, 15) is 9.18 Å². The molecule has 0 aliphatic heterocycles. The molecule has 1 atom stereocenters. The maximum absolute atomic E-state index is 14.0. The van der Waals surface area contributed by atoms with Crippen molar-refractivity contribution in [2.75, 3.05) is 0 Å². The van der Waals surface area contributed by atoms with E-state index in [1.54, 1.807) is 47.6 Å². The zero-order valence-corrected chi connectivity index (χ0v) is 12.4. The quantitative estimate of drug-likeness (QED) is 0.776. The molecule has 1 aromatic carbocycles. The summed E-state index contributed by atoms with van der Waals surface area (Å²) in [5.41, 5.74) is 0.550. The minimum atomic E-state index is -0.289. The van der Waals surface area contributed by atoms with Crippen LogP contribution in [0.2, 0.25) is 0 Å². The molecule has 2 aromatic rings. The molecular formula is C18H18FNO2. The lowest BCUT2D eigenvalue weighted by Gasteiger charge is -2.29. The van der Waals surface area contributed by atoms with E-state index in [0.717, 1.165) is 12.8 Å². The molecule has 3 nitrogen and oxygen atoms in total. The first-order valence-electron chi connectivity index (χ1n) is 7.45. The number of hydrogen-bond donors (Lipinski definition) is 0. The molecule has 1 saturated carbocycles. The third-order valence-corrected chi connectivity index (χ3v) is 3.90. The smallest absolute Gasteiger partial charge is 0.247 e. The second-order valence-corrected chi connectivity index (χ2v) is 5.52. The summed E-state index contributed by atoms with van der Waals surface area (Å²) in [5, 5.41) is 0. The summed E-state index contributed by atoms with van der Waals surface area (Å²) in [7, 11) is 0. The molecule has 114 valence electrons. The van der Waals surface area contributed by atoms with Crippen molar-refractivity contribution in [3.8, 4) is 0 Å². The van der Waals surface area contributed by atoms with E-state index < -0.39 is 0 Å². The third-order valence-electron chi connectivity index (χ3n) is 3.90. The number of rotatable bonds is 5. The molecule has 3 rings (SSSR count). The van der Waals surface area contributed by atoms with Crippen LogP contribution in [0.4, 0.5) is 4.39 Å². The largest absolute Gasteiger partial charge is 0.465 e. The Morgan fingerprint density at radius 1 is 1.32 bits per heavy atom. The Morgan fingerprint density at radius 3 is 2.73 bits per heavy atom. The molecule has 0 N–H and O–H groups in total. The van der Waals surface area contributed by atoms with Crippen LogP contribution in [0.5, 0.6) is 0 Å². The fourth-order valence-electron chi connectivity index (χ4n) is 2.63. The summed E-state index contributed by atoms with van der Waals surface area (Å²) in [6, 6.07) is 10.1. The lowest BCUT2D eigenvalue weighted by atomic mass is 10.1. The summed E-state index contributed by atoms with van der Waals surface area (Å²) >= 11 is 0. The number of halogens is 1. The van der Waals surface area contributed by atoms with Crippen molar-refractivity contribution in [2.24, 2.45) is 0 Å². The van der Waals surface area contributed by atoms with Gasteiger partial charge in [0, 0.05) is 17.7 Å². The Labute approximate surface area is 129 Å². The molecular weight excluding hydrogens is 281 g/mol. The number of nitrogens with zero attached hydrogens (tertiary/aromatic N) is 1. The van der Waals surface area contributed by atoms with Gasteiger partial charge in [-0.3, -0.25) is 4.79 Å². The number of carbonyl (C=O) groups excluding carboxylic acids is 1. The molecule has 1 unspecified atom stereocenters. The summed E-state index contributed by atoms with van der Waals surface area (Å²) in [4.78, 5) is 14.3. The van der Waals surface area contributed by atoms with Crippen molar-refractivity contribution >= 4 is 12.0 Å². The van der Waals surface area contributed by atoms with E-state index in [0.29, 0.717) is 11.3 Å². The molecule has 0 saturated heterocycles. The van der Waals surface area contributed by atoms with Crippen LogP contribution in [0.15, 0.2) is 53.2 Å². The number of amides is 1. The highest BCUT2D eigenvalue weighted by atomic mass is 19.1. The number of hydrogen-bond acceptors (Lipinski definition) is 2. The van der Waals surface area contributed by atoms with E-state index in [4.69, 9.17) is 4.42 Å². The van der Waals surface area contributed by atoms with Crippen molar-refractivity contribution in [3.05, 3.63) is 65.9 Å². The summed E-state index contributed by atoms with van der Waals surface area (Å²) in [6.45, 7) is 1.87.